The van der Waals surface area contributed by atoms with E-state index in [1.54, 1.807) is 18.2 Å². The average Bonchev–Trinajstić information content (AvgIpc) is 3.16. The number of carbonyl (C=O) groups excluding carboxylic acids is 1. The lowest BCUT2D eigenvalue weighted by Gasteiger charge is -1.99. The second kappa shape index (κ2) is 6.01. The van der Waals surface area contributed by atoms with Crippen LogP contribution >= 0.6 is 11.3 Å². The molecule has 0 aliphatic rings. The third-order valence-electron chi connectivity index (χ3n) is 3.01. The van der Waals surface area contributed by atoms with Crippen LogP contribution in [-0.2, 0) is 0 Å². The molecule has 0 bridgehead atoms. The molecule has 0 atom stereocenters. The van der Waals surface area contributed by atoms with Crippen molar-refractivity contribution >= 4 is 28.1 Å². The van der Waals surface area contributed by atoms with Crippen LogP contribution < -0.4 is 5.32 Å². The molecule has 3 aromatic rings. The van der Waals surface area contributed by atoms with E-state index < -0.39 is 10.8 Å². The molecule has 23 heavy (non-hydrogen) atoms. The van der Waals surface area contributed by atoms with Gasteiger partial charge in [-0.3, -0.25) is 20.2 Å². The molecule has 2 heterocycles. The Morgan fingerprint density at radius 3 is 2.87 bits per heavy atom. The van der Waals surface area contributed by atoms with Crippen molar-refractivity contribution in [2.75, 3.05) is 5.32 Å². The molecule has 0 saturated heterocycles. The van der Waals surface area contributed by atoms with Crippen molar-refractivity contribution in [1.82, 2.24) is 4.98 Å². The topological polar surface area (TPSA) is 98.3 Å². The van der Waals surface area contributed by atoms with Gasteiger partial charge in [-0.15, -0.1) is 11.3 Å². The number of rotatable bonds is 4. The molecule has 0 aliphatic carbocycles. The lowest BCUT2D eigenvalue weighted by molar-refractivity contribution is -0.384. The van der Waals surface area contributed by atoms with Gasteiger partial charge in [-0.2, -0.15) is 0 Å². The first-order valence-corrected chi connectivity index (χ1v) is 7.49. The van der Waals surface area contributed by atoms with Crippen molar-refractivity contribution in [3.05, 3.63) is 63.3 Å². The lowest BCUT2D eigenvalue weighted by Crippen LogP contribution is -2.10. The van der Waals surface area contributed by atoms with Gasteiger partial charge in [0.05, 0.1) is 10.6 Å². The van der Waals surface area contributed by atoms with Gasteiger partial charge in [0.1, 0.15) is 5.76 Å². The molecule has 0 spiro atoms. The fraction of sp³-hybridized carbons (Fsp3) is 0.0667. The Balaban J connectivity index is 1.81. The zero-order valence-electron chi connectivity index (χ0n) is 12.0. The number of aryl methyl sites for hydroxylation is 1. The standard InChI is InChI=1S/C15H11N3O4S/c1-9-8-23-15(16-9)17-14(19)13-6-5-12(22-13)10-3-2-4-11(7-10)18(20)21/h2-8H,1H3,(H,16,17,19). The number of carbonyl (C=O) groups is 1. The summed E-state index contributed by atoms with van der Waals surface area (Å²) in [6, 6.07) is 9.15. The van der Waals surface area contributed by atoms with Crippen LogP contribution in [0.1, 0.15) is 16.2 Å². The van der Waals surface area contributed by atoms with Crippen molar-refractivity contribution in [2.45, 2.75) is 6.92 Å². The number of anilines is 1. The third-order valence-corrected chi connectivity index (χ3v) is 3.89. The van der Waals surface area contributed by atoms with Gasteiger partial charge in [-0.25, -0.2) is 4.98 Å². The van der Waals surface area contributed by atoms with E-state index in [2.05, 4.69) is 10.3 Å². The molecule has 1 aromatic carbocycles. The molecule has 8 heteroatoms. The summed E-state index contributed by atoms with van der Waals surface area (Å²) in [6.07, 6.45) is 0. The van der Waals surface area contributed by atoms with E-state index in [1.807, 2.05) is 12.3 Å². The molecular weight excluding hydrogens is 318 g/mol. The second-order valence-electron chi connectivity index (χ2n) is 4.72. The molecule has 116 valence electrons. The molecule has 2 aromatic heterocycles. The van der Waals surface area contributed by atoms with Crippen LogP contribution in [0.3, 0.4) is 0 Å². The Kier molecular flexibility index (Phi) is 3.90. The van der Waals surface area contributed by atoms with Gasteiger partial charge in [-0.05, 0) is 19.1 Å². The first kappa shape index (κ1) is 14.9. The van der Waals surface area contributed by atoms with Crippen LogP contribution in [0.15, 0.2) is 46.2 Å². The minimum absolute atomic E-state index is 0.0387. The van der Waals surface area contributed by atoms with Crippen LogP contribution in [0, 0.1) is 17.0 Å². The Bertz CT molecular complexity index is 884. The summed E-state index contributed by atoms with van der Waals surface area (Å²) in [5.74, 6) is 0.0737. The van der Waals surface area contributed by atoms with Gasteiger partial charge in [0.25, 0.3) is 11.6 Å². The Morgan fingerprint density at radius 1 is 1.35 bits per heavy atom. The maximum atomic E-state index is 12.1. The normalized spacial score (nSPS) is 10.5. The number of furan rings is 1. The van der Waals surface area contributed by atoms with E-state index in [9.17, 15) is 14.9 Å². The predicted octanol–water partition coefficient (Wildman–Crippen LogP) is 3.87. The van der Waals surface area contributed by atoms with E-state index in [-0.39, 0.29) is 11.4 Å². The number of nitro benzene ring substituents is 1. The van der Waals surface area contributed by atoms with E-state index in [0.29, 0.717) is 16.5 Å². The summed E-state index contributed by atoms with van der Waals surface area (Å²) in [5, 5.41) is 15.8. The van der Waals surface area contributed by atoms with Gasteiger partial charge >= 0.3 is 0 Å². The number of amides is 1. The summed E-state index contributed by atoms with van der Waals surface area (Å²) in [7, 11) is 0. The van der Waals surface area contributed by atoms with E-state index >= 15 is 0 Å². The van der Waals surface area contributed by atoms with E-state index in [4.69, 9.17) is 4.42 Å². The number of hydrogen-bond acceptors (Lipinski definition) is 6. The van der Waals surface area contributed by atoms with Crippen LogP contribution in [-0.4, -0.2) is 15.8 Å². The van der Waals surface area contributed by atoms with Gasteiger partial charge in [0.15, 0.2) is 10.9 Å². The SMILES string of the molecule is Cc1csc(NC(=O)c2ccc(-c3cccc([N+](=O)[O-])c3)o2)n1. The van der Waals surface area contributed by atoms with Crippen molar-refractivity contribution < 1.29 is 14.1 Å². The second-order valence-corrected chi connectivity index (χ2v) is 5.58. The molecule has 7 nitrogen and oxygen atoms in total. The number of benzene rings is 1. The fourth-order valence-electron chi connectivity index (χ4n) is 1.96. The quantitative estimate of drug-likeness (QED) is 0.578. The lowest BCUT2D eigenvalue weighted by atomic mass is 10.1. The van der Waals surface area contributed by atoms with Crippen molar-refractivity contribution in [1.29, 1.82) is 0 Å². The van der Waals surface area contributed by atoms with Gasteiger partial charge in [0, 0.05) is 23.1 Å². The average molecular weight is 329 g/mol. The predicted molar refractivity (Wildman–Crippen MR) is 85.6 cm³/mol. The highest BCUT2D eigenvalue weighted by Gasteiger charge is 2.15. The zero-order valence-corrected chi connectivity index (χ0v) is 12.8. The molecule has 3 rings (SSSR count). The number of nitro groups is 1. The Morgan fingerprint density at radius 2 is 2.17 bits per heavy atom. The molecule has 1 amide bonds. The molecule has 0 unspecified atom stereocenters. The fourth-order valence-corrected chi connectivity index (χ4v) is 2.64. The van der Waals surface area contributed by atoms with E-state index in [1.165, 1.54) is 29.5 Å². The molecule has 0 fully saturated rings. The molecular formula is C15H11N3O4S. The van der Waals surface area contributed by atoms with Crippen molar-refractivity contribution in [3.8, 4) is 11.3 Å². The highest BCUT2D eigenvalue weighted by Crippen LogP contribution is 2.26. The first-order valence-electron chi connectivity index (χ1n) is 6.61. The summed E-state index contributed by atoms with van der Waals surface area (Å²) in [6.45, 7) is 1.83. The largest absolute Gasteiger partial charge is 0.451 e. The van der Waals surface area contributed by atoms with Crippen molar-refractivity contribution in [2.24, 2.45) is 0 Å². The number of thiazole rings is 1. The molecule has 1 N–H and O–H groups in total. The highest BCUT2D eigenvalue weighted by atomic mass is 32.1. The summed E-state index contributed by atoms with van der Waals surface area (Å²) in [5.41, 5.74) is 1.31. The summed E-state index contributed by atoms with van der Waals surface area (Å²) in [4.78, 5) is 26.6. The van der Waals surface area contributed by atoms with Gasteiger partial charge in [-0.1, -0.05) is 12.1 Å². The highest BCUT2D eigenvalue weighted by molar-refractivity contribution is 7.13. The van der Waals surface area contributed by atoms with Crippen LogP contribution in [0.2, 0.25) is 0 Å². The maximum Gasteiger partial charge on any atom is 0.293 e. The van der Waals surface area contributed by atoms with E-state index in [0.717, 1.165) is 5.69 Å². The number of hydrogen-bond donors (Lipinski definition) is 1. The van der Waals surface area contributed by atoms with Crippen LogP contribution in [0.5, 0.6) is 0 Å². The molecule has 0 radical (unpaired) electrons. The Hall–Kier alpha value is -3.00. The van der Waals surface area contributed by atoms with Crippen molar-refractivity contribution in [3.63, 3.8) is 0 Å². The summed E-state index contributed by atoms with van der Waals surface area (Å²) < 4.78 is 5.49. The number of non-ortho nitro benzene ring substituents is 1. The van der Waals surface area contributed by atoms with Crippen LogP contribution in [0.25, 0.3) is 11.3 Å². The summed E-state index contributed by atoms with van der Waals surface area (Å²) >= 11 is 1.32. The number of nitrogens with one attached hydrogen (secondary N) is 1. The number of aromatic nitrogens is 1. The molecule has 0 saturated carbocycles. The monoisotopic (exact) mass is 329 g/mol. The first-order chi connectivity index (χ1) is 11.0. The smallest absolute Gasteiger partial charge is 0.293 e. The van der Waals surface area contributed by atoms with Gasteiger partial charge < -0.3 is 4.42 Å². The Labute approximate surface area is 134 Å². The minimum atomic E-state index is -0.481. The van der Waals surface area contributed by atoms with Gasteiger partial charge in [0.2, 0.25) is 0 Å². The molecule has 0 aliphatic heterocycles. The number of nitrogens with zero attached hydrogens (tertiary/aromatic N) is 2. The van der Waals surface area contributed by atoms with Crippen LogP contribution in [0.4, 0.5) is 10.8 Å². The maximum absolute atomic E-state index is 12.1. The zero-order chi connectivity index (χ0) is 16.4. The third kappa shape index (κ3) is 3.27. The minimum Gasteiger partial charge on any atom is -0.451 e.